The van der Waals surface area contributed by atoms with Gasteiger partial charge in [-0.15, -0.1) is 11.8 Å². The van der Waals surface area contributed by atoms with E-state index in [4.69, 9.17) is 5.11 Å². The first-order valence-electron chi connectivity index (χ1n) is 6.17. The summed E-state index contributed by atoms with van der Waals surface area (Å²) in [6.07, 6.45) is -0.401. The molecule has 112 valence electrons. The highest BCUT2D eigenvalue weighted by Crippen LogP contribution is 2.46. The van der Waals surface area contributed by atoms with Gasteiger partial charge in [0.05, 0.1) is 17.5 Å². The number of hydrogen-bond acceptors (Lipinski definition) is 7. The van der Waals surface area contributed by atoms with Crippen molar-refractivity contribution in [2.45, 2.75) is 18.0 Å². The molecule has 0 bridgehead atoms. The third-order valence-electron chi connectivity index (χ3n) is 3.32. The van der Waals surface area contributed by atoms with E-state index in [2.05, 4.69) is 20.1 Å². The maximum absolute atomic E-state index is 12.3. The zero-order valence-electron chi connectivity index (χ0n) is 10.7. The van der Waals surface area contributed by atoms with Gasteiger partial charge in [-0.05, 0) is 12.0 Å². The van der Waals surface area contributed by atoms with E-state index in [0.717, 1.165) is 0 Å². The number of nitrogens with one attached hydrogen (secondary N) is 1. The Kier molecular flexibility index (Phi) is 3.55. The number of aliphatic hydroxyl groups is 1. The topological polar surface area (TPSA) is 129 Å². The summed E-state index contributed by atoms with van der Waals surface area (Å²) in [7, 11) is 0. The number of ether oxygens (including phenoxy) is 1. The first-order chi connectivity index (χ1) is 10.1. The first kappa shape index (κ1) is 13.9. The predicted molar refractivity (Wildman–Crippen MR) is 71.0 cm³/mol. The summed E-state index contributed by atoms with van der Waals surface area (Å²) in [5.74, 6) is 0.0972. The van der Waals surface area contributed by atoms with Gasteiger partial charge in [0.2, 0.25) is 0 Å². The number of aliphatic hydroxyl groups excluding tert-OH is 1. The average Bonchev–Trinajstić information content (AvgIpc) is 3.05. The maximum atomic E-state index is 12.3. The van der Waals surface area contributed by atoms with E-state index in [1.165, 1.54) is 22.9 Å². The molecule has 3 N–H and O–H groups in total. The van der Waals surface area contributed by atoms with Crippen LogP contribution in [0.4, 0.5) is 4.79 Å². The molecule has 0 saturated carbocycles. The number of carbonyl (C=O) groups is 2. The van der Waals surface area contributed by atoms with Gasteiger partial charge in [-0.2, -0.15) is 15.4 Å². The number of thioether (sulfide) groups is 1. The van der Waals surface area contributed by atoms with Gasteiger partial charge in [-0.25, -0.2) is 4.79 Å². The molecule has 2 fully saturated rings. The molecule has 2 aliphatic heterocycles. The van der Waals surface area contributed by atoms with Gasteiger partial charge in [0, 0.05) is 6.61 Å². The smallest absolute Gasteiger partial charge is 0.450 e. The number of β-lactam (4-membered cyclic amide) rings is 1. The molecule has 0 aromatic carbocycles. The van der Waals surface area contributed by atoms with Crippen molar-refractivity contribution in [1.82, 2.24) is 20.3 Å². The van der Waals surface area contributed by atoms with Crippen LogP contribution in [0, 0.1) is 0 Å². The van der Waals surface area contributed by atoms with E-state index in [9.17, 15) is 14.7 Å². The quantitative estimate of drug-likeness (QED) is 0.398. The maximum Gasteiger partial charge on any atom is 0.507 e. The summed E-state index contributed by atoms with van der Waals surface area (Å²) < 4.78 is 4.69. The lowest BCUT2D eigenvalue weighted by molar-refractivity contribution is -0.144. The Balaban J connectivity index is 1.89. The molecule has 2 atom stereocenters. The number of aromatic amines is 1. The van der Waals surface area contributed by atoms with Crippen LogP contribution in [0.1, 0.15) is 12.1 Å². The fourth-order valence-electron chi connectivity index (χ4n) is 2.47. The van der Waals surface area contributed by atoms with Crippen molar-refractivity contribution in [1.29, 1.82) is 0 Å². The number of fused-ring (bicyclic) bond motifs is 1. The standard InChI is InChI=1S/C11H12N4O5S/c16-2-1-5(6-3-12-14-13-6)8-9(17)15-7(20-11(18)19)4-21-10(8)15/h3,7,10,16H,1-2,4H2,(H,18,19)(H,12,13,14)/b8-5-/t7?,10-/m1/s1. The van der Waals surface area contributed by atoms with E-state index >= 15 is 0 Å². The van der Waals surface area contributed by atoms with Crippen molar-refractivity contribution in [3.63, 3.8) is 0 Å². The van der Waals surface area contributed by atoms with Crippen LogP contribution in [0.3, 0.4) is 0 Å². The largest absolute Gasteiger partial charge is 0.507 e. The summed E-state index contributed by atoms with van der Waals surface area (Å²) in [5.41, 5.74) is 1.66. The van der Waals surface area contributed by atoms with Crippen molar-refractivity contribution in [3.8, 4) is 0 Å². The molecule has 2 aliphatic rings. The molecule has 0 spiro atoms. The van der Waals surface area contributed by atoms with Crippen LogP contribution in [0.15, 0.2) is 11.8 Å². The van der Waals surface area contributed by atoms with E-state index in [1.54, 1.807) is 0 Å². The number of hydrogen-bond donors (Lipinski definition) is 3. The first-order valence-corrected chi connectivity index (χ1v) is 7.22. The highest BCUT2D eigenvalue weighted by Gasteiger charge is 2.53. The second-order valence-corrected chi connectivity index (χ2v) is 5.57. The number of rotatable bonds is 4. The molecule has 3 rings (SSSR count). The highest BCUT2D eigenvalue weighted by atomic mass is 32.2. The van der Waals surface area contributed by atoms with Gasteiger partial charge in [-0.1, -0.05) is 0 Å². The van der Waals surface area contributed by atoms with Crippen LogP contribution in [-0.2, 0) is 9.53 Å². The second kappa shape index (κ2) is 5.37. The number of H-pyrrole nitrogens is 1. The van der Waals surface area contributed by atoms with Gasteiger partial charge < -0.3 is 14.9 Å². The van der Waals surface area contributed by atoms with Gasteiger partial charge >= 0.3 is 6.16 Å². The van der Waals surface area contributed by atoms with E-state index in [-0.39, 0.29) is 24.3 Å². The zero-order valence-corrected chi connectivity index (χ0v) is 11.5. The summed E-state index contributed by atoms with van der Waals surface area (Å²) in [4.78, 5) is 24.3. The fourth-order valence-corrected chi connectivity index (χ4v) is 3.85. The molecular weight excluding hydrogens is 300 g/mol. The third-order valence-corrected chi connectivity index (χ3v) is 4.58. The zero-order chi connectivity index (χ0) is 15.0. The highest BCUT2D eigenvalue weighted by molar-refractivity contribution is 8.00. The number of carboxylic acid groups (broad SMARTS) is 1. The lowest BCUT2D eigenvalue weighted by atomic mass is 9.95. The summed E-state index contributed by atoms with van der Waals surface area (Å²) >= 11 is 1.42. The summed E-state index contributed by atoms with van der Waals surface area (Å²) in [5, 5.41) is 27.7. The normalized spacial score (nSPS) is 26.3. The summed E-state index contributed by atoms with van der Waals surface area (Å²) in [6, 6.07) is 0. The lowest BCUT2D eigenvalue weighted by Crippen LogP contribution is -2.55. The van der Waals surface area contributed by atoms with Crippen LogP contribution < -0.4 is 0 Å². The Morgan fingerprint density at radius 3 is 3.05 bits per heavy atom. The third kappa shape index (κ3) is 2.25. The van der Waals surface area contributed by atoms with Gasteiger partial charge in [0.15, 0.2) is 6.23 Å². The molecule has 2 saturated heterocycles. The molecule has 1 aromatic rings. The van der Waals surface area contributed by atoms with Crippen molar-refractivity contribution in [3.05, 3.63) is 17.5 Å². The van der Waals surface area contributed by atoms with Crippen molar-refractivity contribution in [2.75, 3.05) is 12.4 Å². The molecule has 0 radical (unpaired) electrons. The lowest BCUT2D eigenvalue weighted by Gasteiger charge is -2.40. The minimum Gasteiger partial charge on any atom is -0.450 e. The molecule has 1 unspecified atom stereocenters. The average molecular weight is 312 g/mol. The molecule has 9 nitrogen and oxygen atoms in total. The Labute approximate surface area is 123 Å². The van der Waals surface area contributed by atoms with E-state index in [1.807, 2.05) is 0 Å². The SMILES string of the molecule is O=C(O)OC1CS[C@@H]2/C(=C(/CCO)c3cn[nH]n3)C(=O)N12. The van der Waals surface area contributed by atoms with Crippen molar-refractivity contribution >= 4 is 29.4 Å². The molecular formula is C11H12N4O5S. The molecule has 3 heterocycles. The number of carbonyl (C=O) groups excluding carboxylic acids is 1. The monoisotopic (exact) mass is 312 g/mol. The predicted octanol–water partition coefficient (Wildman–Crippen LogP) is -0.124. The number of amides is 1. The minimum absolute atomic E-state index is 0.120. The van der Waals surface area contributed by atoms with Crippen LogP contribution in [0.25, 0.3) is 5.57 Å². The van der Waals surface area contributed by atoms with Crippen LogP contribution in [0.2, 0.25) is 0 Å². The number of nitrogens with zero attached hydrogens (tertiary/aromatic N) is 3. The van der Waals surface area contributed by atoms with Crippen LogP contribution >= 0.6 is 11.8 Å². The Hall–Kier alpha value is -2.07. The van der Waals surface area contributed by atoms with Crippen LogP contribution in [0.5, 0.6) is 0 Å². The Bertz CT molecular complexity index is 602. The van der Waals surface area contributed by atoms with Crippen molar-refractivity contribution in [2.24, 2.45) is 0 Å². The van der Waals surface area contributed by atoms with Crippen LogP contribution in [-0.4, -0.2) is 66.5 Å². The van der Waals surface area contributed by atoms with Crippen molar-refractivity contribution < 1.29 is 24.5 Å². The second-order valence-electron chi connectivity index (χ2n) is 4.46. The van der Waals surface area contributed by atoms with Gasteiger partial charge in [0.1, 0.15) is 11.1 Å². The fraction of sp³-hybridized carbons (Fsp3) is 0.455. The molecule has 10 heteroatoms. The van der Waals surface area contributed by atoms with Gasteiger partial charge in [0.25, 0.3) is 5.91 Å². The van der Waals surface area contributed by atoms with E-state index < -0.39 is 12.4 Å². The Morgan fingerprint density at radius 2 is 2.43 bits per heavy atom. The molecule has 0 aliphatic carbocycles. The summed E-state index contributed by atoms with van der Waals surface area (Å²) in [6.45, 7) is -0.120. The molecule has 1 aromatic heterocycles. The molecule has 1 amide bonds. The number of aromatic nitrogens is 3. The Morgan fingerprint density at radius 1 is 1.62 bits per heavy atom. The minimum atomic E-state index is -1.40. The molecule has 21 heavy (non-hydrogen) atoms. The van der Waals surface area contributed by atoms with Gasteiger partial charge in [-0.3, -0.25) is 9.69 Å². The van der Waals surface area contributed by atoms with E-state index in [0.29, 0.717) is 22.6 Å².